The van der Waals surface area contributed by atoms with E-state index >= 15 is 0 Å². The van der Waals surface area contributed by atoms with Crippen LogP contribution >= 0.6 is 0 Å². The minimum atomic E-state index is 0.484. The van der Waals surface area contributed by atoms with Gasteiger partial charge in [-0.2, -0.15) is 0 Å². The van der Waals surface area contributed by atoms with E-state index in [1.54, 1.807) is 11.2 Å². The van der Waals surface area contributed by atoms with Gasteiger partial charge in [0.2, 0.25) is 0 Å². The first-order chi connectivity index (χ1) is 8.24. The highest BCUT2D eigenvalue weighted by atomic mass is 15.5. The van der Waals surface area contributed by atoms with Gasteiger partial charge in [-0.25, -0.2) is 5.01 Å². The molecule has 0 unspecified atom stereocenters. The van der Waals surface area contributed by atoms with Gasteiger partial charge in [0.25, 0.3) is 0 Å². The Hall–Kier alpha value is -1.90. The van der Waals surface area contributed by atoms with E-state index in [1.807, 2.05) is 49.5 Å². The number of allylic oxidation sites excluding steroid dienone is 2. The van der Waals surface area contributed by atoms with Gasteiger partial charge in [-0.3, -0.25) is 0 Å². The van der Waals surface area contributed by atoms with Crippen LogP contribution in [0.3, 0.4) is 0 Å². The number of rotatable bonds is 5. The molecule has 1 rings (SSSR count). The maximum Gasteiger partial charge on any atom is 0.0662 e. The van der Waals surface area contributed by atoms with E-state index in [0.717, 1.165) is 5.69 Å². The second-order valence-electron chi connectivity index (χ2n) is 3.95. The van der Waals surface area contributed by atoms with E-state index in [4.69, 9.17) is 0 Å². The second kappa shape index (κ2) is 7.39. The van der Waals surface area contributed by atoms with Crippen molar-refractivity contribution in [1.82, 2.24) is 0 Å². The van der Waals surface area contributed by atoms with Gasteiger partial charge in [0.1, 0.15) is 0 Å². The van der Waals surface area contributed by atoms with E-state index in [0.29, 0.717) is 5.92 Å². The molecular formula is C14H19N3. The predicted molar refractivity (Wildman–Crippen MR) is 72.6 cm³/mol. The molecule has 0 radical (unpaired) electrons. The summed E-state index contributed by atoms with van der Waals surface area (Å²) in [7, 11) is 0. The maximum absolute atomic E-state index is 4.14. The number of hydrogen-bond donors (Lipinski definition) is 0. The summed E-state index contributed by atoms with van der Waals surface area (Å²) in [5.74, 6) is 0.484. The number of benzene rings is 1. The smallest absolute Gasteiger partial charge is 0.0662 e. The van der Waals surface area contributed by atoms with Crippen molar-refractivity contribution in [3.63, 3.8) is 0 Å². The fourth-order valence-corrected chi connectivity index (χ4v) is 1.15. The van der Waals surface area contributed by atoms with Crippen molar-refractivity contribution in [2.45, 2.75) is 20.8 Å². The predicted octanol–water partition coefficient (Wildman–Crippen LogP) is 4.56. The number of para-hydroxylation sites is 1. The number of nitrogens with zero attached hydrogens (tertiary/aromatic N) is 3. The SMILES string of the molecule is C/C=C\N=NN(/C=C/C(C)C)c1ccccc1. The minimum absolute atomic E-state index is 0.484. The first-order valence-corrected chi connectivity index (χ1v) is 5.78. The molecular weight excluding hydrogens is 210 g/mol. The molecule has 0 atom stereocenters. The van der Waals surface area contributed by atoms with Crippen molar-refractivity contribution in [3.8, 4) is 0 Å². The van der Waals surface area contributed by atoms with Crippen molar-refractivity contribution in [2.24, 2.45) is 16.3 Å². The molecule has 0 N–H and O–H groups in total. The van der Waals surface area contributed by atoms with Crippen molar-refractivity contribution < 1.29 is 0 Å². The Labute approximate surface area is 103 Å². The lowest BCUT2D eigenvalue weighted by Gasteiger charge is -2.12. The van der Waals surface area contributed by atoms with Crippen molar-refractivity contribution in [1.29, 1.82) is 0 Å². The standard InChI is InChI=1S/C14H19N3/c1-4-11-15-16-17(12-10-13(2)3)14-8-6-5-7-9-14/h4-13H,1-3H3/b11-4-,12-10+,16-15?. The highest BCUT2D eigenvalue weighted by Crippen LogP contribution is 2.15. The Morgan fingerprint density at radius 3 is 2.47 bits per heavy atom. The largest absolute Gasteiger partial charge is 0.223 e. The molecule has 0 saturated heterocycles. The lowest BCUT2D eigenvalue weighted by atomic mass is 10.2. The molecule has 0 aliphatic heterocycles. The van der Waals surface area contributed by atoms with Crippen LogP contribution in [0, 0.1) is 5.92 Å². The Morgan fingerprint density at radius 2 is 1.88 bits per heavy atom. The number of hydrogen-bond acceptors (Lipinski definition) is 2. The van der Waals surface area contributed by atoms with E-state index < -0.39 is 0 Å². The average Bonchev–Trinajstić information content (AvgIpc) is 2.34. The van der Waals surface area contributed by atoms with Crippen molar-refractivity contribution >= 4 is 5.69 Å². The molecule has 0 aliphatic carbocycles. The summed E-state index contributed by atoms with van der Waals surface area (Å²) >= 11 is 0. The fraction of sp³-hybridized carbons (Fsp3) is 0.286. The van der Waals surface area contributed by atoms with Crippen LogP contribution in [-0.4, -0.2) is 0 Å². The molecule has 0 spiro atoms. The molecule has 17 heavy (non-hydrogen) atoms. The lowest BCUT2D eigenvalue weighted by Crippen LogP contribution is -2.06. The van der Waals surface area contributed by atoms with E-state index in [9.17, 15) is 0 Å². The third-order valence-electron chi connectivity index (χ3n) is 2.00. The summed E-state index contributed by atoms with van der Waals surface area (Å²) in [4.78, 5) is 0. The van der Waals surface area contributed by atoms with Gasteiger partial charge in [-0.15, -0.1) is 5.11 Å². The van der Waals surface area contributed by atoms with Gasteiger partial charge in [0.05, 0.1) is 5.69 Å². The molecule has 1 aromatic rings. The molecule has 0 amide bonds. The number of anilines is 1. The zero-order chi connectivity index (χ0) is 12.5. The summed E-state index contributed by atoms with van der Waals surface area (Å²) in [6.07, 6.45) is 7.53. The average molecular weight is 229 g/mol. The molecule has 1 aromatic carbocycles. The Bertz CT molecular complexity index is 391. The summed E-state index contributed by atoms with van der Waals surface area (Å²) in [5, 5.41) is 9.87. The molecule has 0 heterocycles. The summed E-state index contributed by atoms with van der Waals surface area (Å²) in [5.41, 5.74) is 0.998. The molecule has 0 aliphatic rings. The topological polar surface area (TPSA) is 28.0 Å². The van der Waals surface area contributed by atoms with Gasteiger partial charge in [-0.1, -0.05) is 49.4 Å². The van der Waals surface area contributed by atoms with Crippen molar-refractivity contribution in [2.75, 3.05) is 5.01 Å². The van der Waals surface area contributed by atoms with Crippen LogP contribution in [0.4, 0.5) is 5.69 Å². The van der Waals surface area contributed by atoms with Crippen LogP contribution in [0.1, 0.15) is 20.8 Å². The molecule has 3 heteroatoms. The molecule has 0 aromatic heterocycles. The van der Waals surface area contributed by atoms with Gasteiger partial charge in [-0.05, 0) is 25.0 Å². The zero-order valence-corrected chi connectivity index (χ0v) is 10.6. The van der Waals surface area contributed by atoms with Gasteiger partial charge in [0, 0.05) is 12.4 Å². The molecule has 90 valence electrons. The maximum atomic E-state index is 4.14. The second-order valence-corrected chi connectivity index (χ2v) is 3.95. The van der Waals surface area contributed by atoms with E-state index in [1.165, 1.54) is 0 Å². The fourth-order valence-electron chi connectivity index (χ4n) is 1.15. The third kappa shape index (κ3) is 5.11. The van der Waals surface area contributed by atoms with Crippen LogP contribution in [0.5, 0.6) is 0 Å². The van der Waals surface area contributed by atoms with Crippen LogP contribution < -0.4 is 5.01 Å². The van der Waals surface area contributed by atoms with Crippen LogP contribution in [0.25, 0.3) is 0 Å². The van der Waals surface area contributed by atoms with Crippen LogP contribution in [0.2, 0.25) is 0 Å². The van der Waals surface area contributed by atoms with E-state index in [-0.39, 0.29) is 0 Å². The van der Waals surface area contributed by atoms with Crippen LogP contribution in [0.15, 0.2) is 65.2 Å². The highest BCUT2D eigenvalue weighted by Gasteiger charge is 1.99. The molecule has 3 nitrogen and oxygen atoms in total. The minimum Gasteiger partial charge on any atom is -0.223 e. The zero-order valence-electron chi connectivity index (χ0n) is 10.6. The quantitative estimate of drug-likeness (QED) is 0.537. The van der Waals surface area contributed by atoms with E-state index in [2.05, 4.69) is 30.3 Å². The van der Waals surface area contributed by atoms with Crippen molar-refractivity contribution in [3.05, 3.63) is 54.9 Å². The van der Waals surface area contributed by atoms with Gasteiger partial charge in [0.15, 0.2) is 0 Å². The monoisotopic (exact) mass is 229 g/mol. The summed E-state index contributed by atoms with van der Waals surface area (Å²) in [6, 6.07) is 9.95. The molecule has 0 fully saturated rings. The molecule has 0 bridgehead atoms. The Balaban J connectivity index is 2.86. The summed E-state index contributed by atoms with van der Waals surface area (Å²) < 4.78 is 0. The van der Waals surface area contributed by atoms with Crippen LogP contribution in [-0.2, 0) is 0 Å². The summed E-state index contributed by atoms with van der Waals surface area (Å²) in [6.45, 7) is 6.17. The molecule has 0 saturated carbocycles. The van der Waals surface area contributed by atoms with Gasteiger partial charge >= 0.3 is 0 Å². The Kier molecular flexibility index (Phi) is 5.72. The first kappa shape index (κ1) is 13.2. The Morgan fingerprint density at radius 1 is 1.18 bits per heavy atom. The highest BCUT2D eigenvalue weighted by molar-refractivity contribution is 5.47. The first-order valence-electron chi connectivity index (χ1n) is 5.78. The lowest BCUT2D eigenvalue weighted by molar-refractivity contribution is 0.820. The normalized spacial score (nSPS) is 12.2. The van der Waals surface area contributed by atoms with Gasteiger partial charge < -0.3 is 0 Å². The third-order valence-corrected chi connectivity index (χ3v) is 2.00.